The standard InChI is InChI=1S/C22H30ClN5O2/c1-4-8-19(25-20(29)14-28-16(3)21(23)15(2)26-28)22(30)24-17-9-7-10-18(13-17)27-11-5-6-12-27/h7,9-10,13,19H,4-6,8,11-12,14H2,1-3H3,(H,24,30)(H,25,29). The summed E-state index contributed by atoms with van der Waals surface area (Å²) in [6, 6.07) is 7.27. The number of amides is 2. The lowest BCUT2D eigenvalue weighted by atomic mass is 10.1. The molecule has 8 heteroatoms. The summed E-state index contributed by atoms with van der Waals surface area (Å²) in [5, 5.41) is 10.6. The number of benzene rings is 1. The first-order valence-electron chi connectivity index (χ1n) is 10.5. The van der Waals surface area contributed by atoms with Crippen LogP contribution in [0.1, 0.15) is 44.0 Å². The summed E-state index contributed by atoms with van der Waals surface area (Å²) < 4.78 is 1.56. The molecule has 1 atom stereocenters. The van der Waals surface area contributed by atoms with Crippen LogP contribution in [0, 0.1) is 13.8 Å². The zero-order valence-electron chi connectivity index (χ0n) is 17.9. The van der Waals surface area contributed by atoms with E-state index in [0.29, 0.717) is 17.1 Å². The largest absolute Gasteiger partial charge is 0.371 e. The Bertz CT molecular complexity index is 905. The van der Waals surface area contributed by atoms with E-state index in [1.165, 1.54) is 12.8 Å². The molecule has 0 aliphatic carbocycles. The van der Waals surface area contributed by atoms with Gasteiger partial charge in [-0.15, -0.1) is 0 Å². The van der Waals surface area contributed by atoms with Crippen molar-refractivity contribution in [3.63, 3.8) is 0 Å². The first-order valence-corrected chi connectivity index (χ1v) is 10.9. The van der Waals surface area contributed by atoms with Gasteiger partial charge in [0.2, 0.25) is 11.8 Å². The Kier molecular flexibility index (Phi) is 7.37. The van der Waals surface area contributed by atoms with Crippen LogP contribution in [0.2, 0.25) is 5.02 Å². The summed E-state index contributed by atoms with van der Waals surface area (Å²) in [5.74, 6) is -0.480. The molecule has 3 rings (SSSR count). The van der Waals surface area contributed by atoms with Gasteiger partial charge in [-0.3, -0.25) is 14.3 Å². The summed E-state index contributed by atoms with van der Waals surface area (Å²) in [5.41, 5.74) is 3.27. The minimum atomic E-state index is -0.606. The maximum Gasteiger partial charge on any atom is 0.246 e. The summed E-state index contributed by atoms with van der Waals surface area (Å²) >= 11 is 6.16. The quantitative estimate of drug-likeness (QED) is 0.668. The summed E-state index contributed by atoms with van der Waals surface area (Å²) in [6.45, 7) is 7.72. The molecular weight excluding hydrogens is 402 g/mol. The molecule has 1 fully saturated rings. The van der Waals surface area contributed by atoms with Crippen molar-refractivity contribution in [2.75, 3.05) is 23.3 Å². The molecule has 162 valence electrons. The highest BCUT2D eigenvalue weighted by Gasteiger charge is 2.22. The van der Waals surface area contributed by atoms with E-state index < -0.39 is 6.04 Å². The van der Waals surface area contributed by atoms with Crippen LogP contribution in [0.25, 0.3) is 0 Å². The van der Waals surface area contributed by atoms with E-state index in [-0.39, 0.29) is 18.4 Å². The summed E-state index contributed by atoms with van der Waals surface area (Å²) in [7, 11) is 0. The molecule has 1 aromatic carbocycles. The Hall–Kier alpha value is -2.54. The number of hydrogen-bond acceptors (Lipinski definition) is 4. The third-order valence-electron chi connectivity index (χ3n) is 5.40. The number of halogens is 1. The van der Waals surface area contributed by atoms with Crippen LogP contribution in [0.3, 0.4) is 0 Å². The SMILES string of the molecule is CCCC(NC(=O)Cn1nc(C)c(Cl)c1C)C(=O)Nc1cccc(N2CCCC2)c1. The molecule has 2 N–H and O–H groups in total. The van der Waals surface area contributed by atoms with Crippen LogP contribution < -0.4 is 15.5 Å². The molecule has 0 saturated carbocycles. The van der Waals surface area contributed by atoms with Gasteiger partial charge >= 0.3 is 0 Å². The van der Waals surface area contributed by atoms with Crippen LogP contribution in [0.15, 0.2) is 24.3 Å². The minimum Gasteiger partial charge on any atom is -0.371 e. The third-order valence-corrected chi connectivity index (χ3v) is 5.95. The first-order chi connectivity index (χ1) is 14.4. The van der Waals surface area contributed by atoms with Crippen molar-refractivity contribution in [3.05, 3.63) is 40.7 Å². The fourth-order valence-electron chi connectivity index (χ4n) is 3.75. The smallest absolute Gasteiger partial charge is 0.246 e. The predicted octanol–water partition coefficient (Wildman–Crippen LogP) is 3.68. The summed E-state index contributed by atoms with van der Waals surface area (Å²) in [4.78, 5) is 27.7. The van der Waals surface area contributed by atoms with Gasteiger partial charge in [-0.2, -0.15) is 5.10 Å². The van der Waals surface area contributed by atoms with Gasteiger partial charge in [0, 0.05) is 24.5 Å². The van der Waals surface area contributed by atoms with Crippen LogP contribution in [0.5, 0.6) is 0 Å². The van der Waals surface area contributed by atoms with Crippen molar-refractivity contribution in [1.29, 1.82) is 0 Å². The third kappa shape index (κ3) is 5.33. The number of aryl methyl sites for hydroxylation is 1. The maximum absolute atomic E-state index is 12.9. The molecule has 0 bridgehead atoms. The molecule has 0 spiro atoms. The lowest BCUT2D eigenvalue weighted by Gasteiger charge is -2.20. The molecule has 1 aromatic heterocycles. The van der Waals surface area contributed by atoms with Crippen molar-refractivity contribution in [3.8, 4) is 0 Å². The Morgan fingerprint density at radius 3 is 2.60 bits per heavy atom. The Morgan fingerprint density at radius 2 is 1.97 bits per heavy atom. The van der Waals surface area contributed by atoms with Crippen molar-refractivity contribution in [2.45, 2.75) is 59.0 Å². The van der Waals surface area contributed by atoms with Gasteiger partial charge in [-0.1, -0.05) is 31.0 Å². The van der Waals surface area contributed by atoms with Crippen LogP contribution in [-0.4, -0.2) is 40.7 Å². The number of nitrogens with zero attached hydrogens (tertiary/aromatic N) is 3. The van der Waals surface area contributed by atoms with E-state index in [1.54, 1.807) is 11.6 Å². The second kappa shape index (κ2) is 9.98. The minimum absolute atomic E-state index is 0.0251. The van der Waals surface area contributed by atoms with E-state index in [4.69, 9.17) is 11.6 Å². The number of carbonyl (C=O) groups excluding carboxylic acids is 2. The number of carbonyl (C=O) groups is 2. The Balaban J connectivity index is 1.63. The molecule has 30 heavy (non-hydrogen) atoms. The van der Waals surface area contributed by atoms with Gasteiger partial charge in [0.15, 0.2) is 0 Å². The van der Waals surface area contributed by atoms with Crippen molar-refractivity contribution < 1.29 is 9.59 Å². The molecule has 7 nitrogen and oxygen atoms in total. The zero-order chi connectivity index (χ0) is 21.7. The van der Waals surface area contributed by atoms with Crippen molar-refractivity contribution in [2.24, 2.45) is 0 Å². The monoisotopic (exact) mass is 431 g/mol. The first kappa shape index (κ1) is 22.2. The number of rotatable bonds is 8. The fourth-order valence-corrected chi connectivity index (χ4v) is 3.88. The van der Waals surface area contributed by atoms with E-state index >= 15 is 0 Å². The molecule has 2 aromatic rings. The van der Waals surface area contributed by atoms with Crippen LogP contribution >= 0.6 is 11.6 Å². The maximum atomic E-state index is 12.9. The summed E-state index contributed by atoms with van der Waals surface area (Å²) in [6.07, 6.45) is 3.72. The zero-order valence-corrected chi connectivity index (χ0v) is 18.6. The average molecular weight is 432 g/mol. The number of aromatic nitrogens is 2. The highest BCUT2D eigenvalue weighted by molar-refractivity contribution is 6.31. The van der Waals surface area contributed by atoms with E-state index in [2.05, 4.69) is 26.7 Å². The van der Waals surface area contributed by atoms with E-state index in [9.17, 15) is 9.59 Å². The van der Waals surface area contributed by atoms with Crippen LogP contribution in [0.4, 0.5) is 11.4 Å². The van der Waals surface area contributed by atoms with E-state index in [0.717, 1.165) is 36.6 Å². The Morgan fingerprint density at radius 1 is 1.23 bits per heavy atom. The predicted molar refractivity (Wildman–Crippen MR) is 120 cm³/mol. The molecular formula is C22H30ClN5O2. The van der Waals surface area contributed by atoms with Gasteiger partial charge in [0.1, 0.15) is 12.6 Å². The molecule has 0 radical (unpaired) electrons. The lowest BCUT2D eigenvalue weighted by Crippen LogP contribution is -2.45. The second-order valence-corrected chi connectivity index (χ2v) is 8.16. The van der Waals surface area contributed by atoms with E-state index in [1.807, 2.05) is 32.0 Å². The number of nitrogens with one attached hydrogen (secondary N) is 2. The van der Waals surface area contributed by atoms with Crippen LogP contribution in [-0.2, 0) is 16.1 Å². The molecule has 1 aliphatic heterocycles. The molecule has 2 heterocycles. The highest BCUT2D eigenvalue weighted by atomic mass is 35.5. The fraction of sp³-hybridized carbons (Fsp3) is 0.500. The van der Waals surface area contributed by atoms with Crippen molar-refractivity contribution in [1.82, 2.24) is 15.1 Å². The van der Waals surface area contributed by atoms with Gasteiger partial charge in [-0.25, -0.2) is 0 Å². The van der Waals surface area contributed by atoms with Gasteiger partial charge < -0.3 is 15.5 Å². The van der Waals surface area contributed by atoms with Gasteiger partial charge in [0.05, 0.1) is 16.4 Å². The molecule has 1 saturated heterocycles. The number of hydrogen-bond donors (Lipinski definition) is 2. The second-order valence-electron chi connectivity index (χ2n) is 7.78. The topological polar surface area (TPSA) is 79.3 Å². The molecule has 1 aliphatic rings. The molecule has 1 unspecified atom stereocenters. The van der Waals surface area contributed by atoms with Crippen molar-refractivity contribution >= 4 is 34.8 Å². The Labute approximate surface area is 182 Å². The van der Waals surface area contributed by atoms with Gasteiger partial charge in [0.25, 0.3) is 0 Å². The lowest BCUT2D eigenvalue weighted by molar-refractivity contribution is -0.127. The highest BCUT2D eigenvalue weighted by Crippen LogP contribution is 2.23. The average Bonchev–Trinajstić information content (AvgIpc) is 3.33. The van der Waals surface area contributed by atoms with Gasteiger partial charge in [-0.05, 0) is 51.3 Å². The number of anilines is 2. The molecule has 2 amide bonds. The normalized spacial score (nSPS) is 14.6.